The van der Waals surface area contributed by atoms with E-state index in [0.29, 0.717) is 5.92 Å². The van der Waals surface area contributed by atoms with Gasteiger partial charge in [0, 0.05) is 22.6 Å². The summed E-state index contributed by atoms with van der Waals surface area (Å²) in [7, 11) is -1.04. The molecule has 0 bridgehead atoms. The van der Waals surface area contributed by atoms with E-state index >= 15 is 0 Å². The molecule has 0 amide bonds. The highest BCUT2D eigenvalue weighted by molar-refractivity contribution is 7.88. The molecule has 1 aliphatic carbocycles. The molecule has 2 unspecified atom stereocenters. The molecule has 1 spiro atoms. The van der Waals surface area contributed by atoms with Crippen LogP contribution in [0, 0.1) is 5.92 Å². The number of benzene rings is 1. The SMILES string of the molecule is O=S(/C=C\CCC1CCCC12OCCO2)c1ccccc1. The molecule has 4 heteroatoms. The molecule has 2 atom stereocenters. The topological polar surface area (TPSA) is 35.5 Å². The van der Waals surface area contributed by atoms with Gasteiger partial charge in [-0.2, -0.15) is 0 Å². The van der Waals surface area contributed by atoms with Gasteiger partial charge in [0.05, 0.1) is 24.0 Å². The first-order chi connectivity index (χ1) is 10.3. The fourth-order valence-electron chi connectivity index (χ4n) is 3.32. The average molecular weight is 306 g/mol. The first-order valence-electron chi connectivity index (χ1n) is 7.70. The number of rotatable bonds is 5. The van der Waals surface area contributed by atoms with E-state index in [0.717, 1.165) is 37.4 Å². The summed E-state index contributed by atoms with van der Waals surface area (Å²) in [6.07, 6.45) is 7.39. The highest BCUT2D eigenvalue weighted by Gasteiger charge is 2.47. The van der Waals surface area contributed by atoms with Crippen LogP contribution >= 0.6 is 0 Å². The van der Waals surface area contributed by atoms with Crippen molar-refractivity contribution in [1.29, 1.82) is 0 Å². The summed E-state index contributed by atoms with van der Waals surface area (Å²) in [6, 6.07) is 9.56. The van der Waals surface area contributed by atoms with E-state index in [9.17, 15) is 4.21 Å². The van der Waals surface area contributed by atoms with Crippen LogP contribution in [0.3, 0.4) is 0 Å². The van der Waals surface area contributed by atoms with Crippen molar-refractivity contribution < 1.29 is 13.7 Å². The maximum atomic E-state index is 12.1. The summed E-state index contributed by atoms with van der Waals surface area (Å²) in [5.41, 5.74) is 0. The van der Waals surface area contributed by atoms with Crippen molar-refractivity contribution in [3.63, 3.8) is 0 Å². The minimum absolute atomic E-state index is 0.299. The van der Waals surface area contributed by atoms with Gasteiger partial charge in [-0.3, -0.25) is 0 Å². The predicted molar refractivity (Wildman–Crippen MR) is 83.2 cm³/mol. The maximum Gasteiger partial charge on any atom is 0.171 e. The van der Waals surface area contributed by atoms with Gasteiger partial charge in [0.1, 0.15) is 0 Å². The Balaban J connectivity index is 1.50. The Bertz CT molecular complexity index is 501. The quantitative estimate of drug-likeness (QED) is 0.833. The first kappa shape index (κ1) is 14.9. The largest absolute Gasteiger partial charge is 0.347 e. The number of allylic oxidation sites excluding steroid dienone is 1. The lowest BCUT2D eigenvalue weighted by Gasteiger charge is -2.29. The van der Waals surface area contributed by atoms with Crippen LogP contribution < -0.4 is 0 Å². The number of hydrogen-bond donors (Lipinski definition) is 0. The Hall–Kier alpha value is -0.970. The summed E-state index contributed by atoms with van der Waals surface area (Å²) in [5, 5.41) is 1.80. The fraction of sp³-hybridized carbons (Fsp3) is 0.529. The van der Waals surface area contributed by atoms with Gasteiger partial charge in [-0.15, -0.1) is 0 Å². The minimum atomic E-state index is -1.04. The lowest BCUT2D eigenvalue weighted by Crippen LogP contribution is -2.34. The second-order valence-electron chi connectivity index (χ2n) is 5.66. The highest BCUT2D eigenvalue weighted by atomic mass is 32.2. The molecular formula is C17H22O3S. The van der Waals surface area contributed by atoms with Crippen molar-refractivity contribution in [1.82, 2.24) is 0 Å². The van der Waals surface area contributed by atoms with E-state index in [-0.39, 0.29) is 5.79 Å². The van der Waals surface area contributed by atoms with Crippen LogP contribution in [0.25, 0.3) is 0 Å². The van der Waals surface area contributed by atoms with Crippen molar-refractivity contribution in [3.05, 3.63) is 41.8 Å². The molecule has 2 fully saturated rings. The Morgan fingerprint density at radius 1 is 1.24 bits per heavy atom. The second-order valence-corrected chi connectivity index (χ2v) is 7.00. The standard InChI is InChI=1S/C17H22O3S/c18-21(16-9-2-1-3-10-16)14-5-4-7-15-8-6-11-17(15)19-12-13-20-17/h1-3,5,9-10,14-15H,4,6-8,11-13H2/b14-5-. The normalized spacial score (nSPS) is 25.8. The molecule has 1 saturated heterocycles. The van der Waals surface area contributed by atoms with Crippen LogP contribution in [-0.4, -0.2) is 23.2 Å². The van der Waals surface area contributed by atoms with Crippen molar-refractivity contribution in [3.8, 4) is 0 Å². The molecule has 0 aromatic heterocycles. The van der Waals surface area contributed by atoms with E-state index in [4.69, 9.17) is 9.47 Å². The molecule has 3 nitrogen and oxygen atoms in total. The molecule has 0 radical (unpaired) electrons. The van der Waals surface area contributed by atoms with Gasteiger partial charge in [0.15, 0.2) is 5.79 Å². The van der Waals surface area contributed by atoms with Crippen molar-refractivity contribution >= 4 is 10.8 Å². The molecule has 114 valence electrons. The Labute approximate surface area is 128 Å². The van der Waals surface area contributed by atoms with Gasteiger partial charge in [0.25, 0.3) is 0 Å². The van der Waals surface area contributed by atoms with Gasteiger partial charge in [-0.05, 0) is 37.8 Å². The zero-order valence-electron chi connectivity index (χ0n) is 12.2. The van der Waals surface area contributed by atoms with Crippen molar-refractivity contribution in [2.24, 2.45) is 5.92 Å². The summed E-state index contributed by atoms with van der Waals surface area (Å²) in [6.45, 7) is 1.45. The minimum Gasteiger partial charge on any atom is -0.347 e. The highest BCUT2D eigenvalue weighted by Crippen LogP contribution is 2.44. The summed E-state index contributed by atoms with van der Waals surface area (Å²) in [4.78, 5) is 0.855. The van der Waals surface area contributed by atoms with Gasteiger partial charge >= 0.3 is 0 Å². The molecule has 0 N–H and O–H groups in total. The van der Waals surface area contributed by atoms with E-state index in [1.54, 1.807) is 5.41 Å². The van der Waals surface area contributed by atoms with E-state index in [2.05, 4.69) is 0 Å². The second kappa shape index (κ2) is 6.86. The molecule has 21 heavy (non-hydrogen) atoms. The molecule has 1 saturated carbocycles. The molecular weight excluding hydrogens is 284 g/mol. The maximum absolute atomic E-state index is 12.1. The van der Waals surface area contributed by atoms with Crippen molar-refractivity contribution in [2.45, 2.75) is 42.8 Å². The van der Waals surface area contributed by atoms with Crippen LogP contribution in [0.4, 0.5) is 0 Å². The third kappa shape index (κ3) is 3.44. The molecule has 1 aliphatic heterocycles. The summed E-state index contributed by atoms with van der Waals surface area (Å²) >= 11 is 0. The first-order valence-corrected chi connectivity index (χ1v) is 8.92. The Kier molecular flexibility index (Phi) is 4.88. The lowest BCUT2D eigenvalue weighted by atomic mass is 9.96. The van der Waals surface area contributed by atoms with Gasteiger partial charge in [-0.25, -0.2) is 4.21 Å². The van der Waals surface area contributed by atoms with Gasteiger partial charge in [0.2, 0.25) is 0 Å². The van der Waals surface area contributed by atoms with Crippen LogP contribution in [0.5, 0.6) is 0 Å². The van der Waals surface area contributed by atoms with Crippen LogP contribution in [0.1, 0.15) is 32.1 Å². The van der Waals surface area contributed by atoms with Crippen LogP contribution in [0.15, 0.2) is 46.7 Å². The zero-order valence-corrected chi connectivity index (χ0v) is 13.0. The third-order valence-electron chi connectivity index (χ3n) is 4.35. The van der Waals surface area contributed by atoms with Gasteiger partial charge in [-0.1, -0.05) is 24.3 Å². The van der Waals surface area contributed by atoms with Crippen molar-refractivity contribution in [2.75, 3.05) is 13.2 Å². The fourth-order valence-corrected chi connectivity index (χ4v) is 4.21. The summed E-state index contributed by atoms with van der Waals surface area (Å²) < 4.78 is 23.8. The third-order valence-corrected chi connectivity index (χ3v) is 5.53. The molecule has 1 aromatic carbocycles. The van der Waals surface area contributed by atoms with E-state index < -0.39 is 10.8 Å². The zero-order chi connectivity index (χ0) is 14.5. The smallest absolute Gasteiger partial charge is 0.171 e. The summed E-state index contributed by atoms with van der Waals surface area (Å²) in [5.74, 6) is 0.182. The Morgan fingerprint density at radius 2 is 2.00 bits per heavy atom. The van der Waals surface area contributed by atoms with Crippen LogP contribution in [-0.2, 0) is 20.3 Å². The number of ether oxygens (including phenoxy) is 2. The van der Waals surface area contributed by atoms with Gasteiger partial charge < -0.3 is 9.47 Å². The molecule has 1 aromatic rings. The molecule has 3 rings (SSSR count). The molecule has 1 heterocycles. The monoisotopic (exact) mass is 306 g/mol. The van der Waals surface area contributed by atoms with E-state index in [1.807, 2.05) is 36.4 Å². The van der Waals surface area contributed by atoms with E-state index in [1.165, 1.54) is 12.8 Å². The lowest BCUT2D eigenvalue weighted by molar-refractivity contribution is -0.182. The predicted octanol–water partition coefficient (Wildman–Crippen LogP) is 3.63. The Morgan fingerprint density at radius 3 is 2.76 bits per heavy atom. The van der Waals surface area contributed by atoms with Crippen LogP contribution in [0.2, 0.25) is 0 Å². The molecule has 2 aliphatic rings. The number of hydrogen-bond acceptors (Lipinski definition) is 3. The average Bonchev–Trinajstić information content (AvgIpc) is 3.15.